The molecule has 1 fully saturated rings. The number of aryl methyl sites for hydroxylation is 1. The van der Waals surface area contributed by atoms with Crippen LogP contribution in [0.1, 0.15) is 36.6 Å². The van der Waals surface area contributed by atoms with E-state index in [2.05, 4.69) is 36.1 Å². The highest BCUT2D eigenvalue weighted by Crippen LogP contribution is 2.26. The molecule has 17 heavy (non-hydrogen) atoms. The molecule has 1 aliphatic rings. The summed E-state index contributed by atoms with van der Waals surface area (Å²) in [6.07, 6.45) is 5.82. The van der Waals surface area contributed by atoms with Crippen LogP contribution in [0.5, 0.6) is 0 Å². The van der Waals surface area contributed by atoms with Crippen LogP contribution in [0.4, 0.5) is 0 Å². The van der Waals surface area contributed by atoms with E-state index in [1.807, 2.05) is 17.5 Å². The lowest BCUT2D eigenvalue weighted by Gasteiger charge is -2.24. The van der Waals surface area contributed by atoms with E-state index in [1.54, 1.807) is 0 Å². The van der Waals surface area contributed by atoms with Crippen LogP contribution in [-0.2, 0) is 13.0 Å². The Kier molecular flexibility index (Phi) is 4.54. The highest BCUT2D eigenvalue weighted by atomic mass is 32.1. The SMILES string of the molecule is CCc1ncc(CNCC(C)N(C)C2CC2)s1. The number of nitrogens with one attached hydrogen (secondary N) is 1. The van der Waals surface area contributed by atoms with Crippen molar-refractivity contribution in [2.24, 2.45) is 0 Å². The van der Waals surface area contributed by atoms with E-state index in [9.17, 15) is 0 Å². The van der Waals surface area contributed by atoms with E-state index in [0.29, 0.717) is 6.04 Å². The van der Waals surface area contributed by atoms with Crippen LogP contribution in [0.25, 0.3) is 0 Å². The van der Waals surface area contributed by atoms with Crippen molar-refractivity contribution < 1.29 is 0 Å². The Morgan fingerprint density at radius 1 is 1.59 bits per heavy atom. The van der Waals surface area contributed by atoms with Gasteiger partial charge in [-0.05, 0) is 33.2 Å². The Labute approximate surface area is 108 Å². The summed E-state index contributed by atoms with van der Waals surface area (Å²) >= 11 is 1.82. The van der Waals surface area contributed by atoms with E-state index in [1.165, 1.54) is 22.7 Å². The highest BCUT2D eigenvalue weighted by molar-refractivity contribution is 7.11. The molecule has 0 aromatic carbocycles. The minimum absolute atomic E-state index is 0.626. The first kappa shape index (κ1) is 13.0. The van der Waals surface area contributed by atoms with E-state index in [0.717, 1.165) is 25.6 Å². The Hall–Kier alpha value is -0.450. The molecule has 0 radical (unpaired) electrons. The summed E-state index contributed by atoms with van der Waals surface area (Å²) in [6.45, 7) is 6.48. The number of nitrogens with zero attached hydrogens (tertiary/aromatic N) is 2. The van der Waals surface area contributed by atoms with Crippen molar-refractivity contribution in [1.29, 1.82) is 0 Å². The molecule has 0 amide bonds. The van der Waals surface area contributed by atoms with Crippen LogP contribution in [-0.4, -0.2) is 35.6 Å². The van der Waals surface area contributed by atoms with E-state index >= 15 is 0 Å². The lowest BCUT2D eigenvalue weighted by Crippen LogP contribution is -2.38. The van der Waals surface area contributed by atoms with Gasteiger partial charge in [-0.3, -0.25) is 4.90 Å². The second kappa shape index (κ2) is 5.94. The predicted molar refractivity (Wildman–Crippen MR) is 73.4 cm³/mol. The van der Waals surface area contributed by atoms with Gasteiger partial charge in [0.2, 0.25) is 0 Å². The molecule has 0 aliphatic heterocycles. The topological polar surface area (TPSA) is 28.2 Å². The number of aromatic nitrogens is 1. The van der Waals surface area contributed by atoms with Gasteiger partial charge in [-0.25, -0.2) is 4.98 Å². The Morgan fingerprint density at radius 3 is 2.94 bits per heavy atom. The fourth-order valence-electron chi connectivity index (χ4n) is 1.98. The minimum atomic E-state index is 0.626. The lowest BCUT2D eigenvalue weighted by atomic mass is 10.3. The summed E-state index contributed by atoms with van der Waals surface area (Å²) in [5.74, 6) is 0. The number of rotatable bonds is 7. The first-order chi connectivity index (χ1) is 8.20. The lowest BCUT2D eigenvalue weighted by molar-refractivity contribution is 0.241. The molecule has 1 atom stereocenters. The smallest absolute Gasteiger partial charge is 0.0925 e. The number of likely N-dealkylation sites (N-methyl/N-ethyl adjacent to an activating group) is 1. The molecule has 96 valence electrons. The summed E-state index contributed by atoms with van der Waals surface area (Å²) in [5.41, 5.74) is 0. The quantitative estimate of drug-likeness (QED) is 0.808. The zero-order chi connectivity index (χ0) is 12.3. The van der Waals surface area contributed by atoms with Gasteiger partial charge in [0.1, 0.15) is 0 Å². The minimum Gasteiger partial charge on any atom is -0.310 e. The molecule has 1 N–H and O–H groups in total. The maximum Gasteiger partial charge on any atom is 0.0925 e. The van der Waals surface area contributed by atoms with Gasteiger partial charge in [0.05, 0.1) is 5.01 Å². The third-order valence-corrected chi connectivity index (χ3v) is 4.60. The first-order valence-corrected chi connectivity index (χ1v) is 7.38. The van der Waals surface area contributed by atoms with Gasteiger partial charge in [-0.15, -0.1) is 11.3 Å². The Balaban J connectivity index is 1.67. The summed E-state index contributed by atoms with van der Waals surface area (Å²) in [7, 11) is 2.24. The molecular weight excluding hydrogens is 230 g/mol. The second-order valence-corrected chi connectivity index (χ2v) is 6.15. The van der Waals surface area contributed by atoms with Crippen LogP contribution < -0.4 is 5.32 Å². The van der Waals surface area contributed by atoms with E-state index < -0.39 is 0 Å². The van der Waals surface area contributed by atoms with Gasteiger partial charge < -0.3 is 5.32 Å². The highest BCUT2D eigenvalue weighted by Gasteiger charge is 2.28. The summed E-state index contributed by atoms with van der Waals surface area (Å²) in [6, 6.07) is 1.47. The van der Waals surface area contributed by atoms with Crippen molar-refractivity contribution in [2.45, 2.75) is 51.7 Å². The maximum atomic E-state index is 4.37. The third-order valence-electron chi connectivity index (χ3n) is 3.46. The summed E-state index contributed by atoms with van der Waals surface area (Å²) in [4.78, 5) is 8.22. The molecule has 1 unspecified atom stereocenters. The molecule has 0 saturated heterocycles. The number of thiazole rings is 1. The molecule has 1 aromatic heterocycles. The molecule has 0 spiro atoms. The largest absolute Gasteiger partial charge is 0.310 e. The molecular formula is C13H23N3S. The zero-order valence-corrected chi connectivity index (χ0v) is 11.9. The van der Waals surface area contributed by atoms with Gasteiger partial charge in [-0.1, -0.05) is 6.92 Å². The monoisotopic (exact) mass is 253 g/mol. The van der Waals surface area contributed by atoms with Crippen LogP contribution in [0.3, 0.4) is 0 Å². The van der Waals surface area contributed by atoms with Gasteiger partial charge in [0.25, 0.3) is 0 Å². The molecule has 1 aliphatic carbocycles. The molecule has 1 heterocycles. The van der Waals surface area contributed by atoms with E-state index in [4.69, 9.17) is 0 Å². The van der Waals surface area contributed by atoms with Crippen molar-refractivity contribution in [3.8, 4) is 0 Å². The molecule has 2 rings (SSSR count). The molecule has 3 nitrogen and oxygen atoms in total. The standard InChI is InChI=1S/C13H23N3S/c1-4-13-15-9-12(17-13)8-14-7-10(2)16(3)11-5-6-11/h9-11,14H,4-8H2,1-3H3. The Morgan fingerprint density at radius 2 is 2.35 bits per heavy atom. The number of hydrogen-bond donors (Lipinski definition) is 1. The van der Waals surface area contributed by atoms with Crippen LogP contribution in [0.2, 0.25) is 0 Å². The van der Waals surface area contributed by atoms with Crippen LogP contribution in [0, 0.1) is 0 Å². The van der Waals surface area contributed by atoms with Gasteiger partial charge >= 0.3 is 0 Å². The fourth-order valence-corrected chi connectivity index (χ4v) is 2.82. The normalized spacial score (nSPS) is 17.6. The molecule has 4 heteroatoms. The first-order valence-electron chi connectivity index (χ1n) is 6.57. The molecule has 0 bridgehead atoms. The van der Waals surface area contributed by atoms with Crippen molar-refractivity contribution in [3.05, 3.63) is 16.1 Å². The molecule has 1 aromatic rings. The van der Waals surface area contributed by atoms with Gasteiger partial charge in [-0.2, -0.15) is 0 Å². The van der Waals surface area contributed by atoms with Gasteiger partial charge in [0.15, 0.2) is 0 Å². The zero-order valence-electron chi connectivity index (χ0n) is 11.1. The van der Waals surface area contributed by atoms with Crippen molar-refractivity contribution in [2.75, 3.05) is 13.6 Å². The fraction of sp³-hybridized carbons (Fsp3) is 0.769. The van der Waals surface area contributed by atoms with Crippen LogP contribution in [0.15, 0.2) is 6.20 Å². The summed E-state index contributed by atoms with van der Waals surface area (Å²) in [5, 5.41) is 4.77. The van der Waals surface area contributed by atoms with Crippen molar-refractivity contribution in [3.63, 3.8) is 0 Å². The summed E-state index contributed by atoms with van der Waals surface area (Å²) < 4.78 is 0. The number of hydrogen-bond acceptors (Lipinski definition) is 4. The van der Waals surface area contributed by atoms with Crippen molar-refractivity contribution in [1.82, 2.24) is 15.2 Å². The average Bonchev–Trinajstić information content (AvgIpc) is 3.08. The Bertz CT molecular complexity index is 346. The maximum absolute atomic E-state index is 4.37. The average molecular weight is 253 g/mol. The second-order valence-electron chi connectivity index (χ2n) is 4.95. The predicted octanol–water partition coefficient (Wildman–Crippen LogP) is 2.28. The van der Waals surface area contributed by atoms with Crippen LogP contribution >= 0.6 is 11.3 Å². The third kappa shape index (κ3) is 3.76. The van der Waals surface area contributed by atoms with Gasteiger partial charge in [0, 0.05) is 36.2 Å². The molecule has 1 saturated carbocycles. The van der Waals surface area contributed by atoms with E-state index in [-0.39, 0.29) is 0 Å². The van der Waals surface area contributed by atoms with Crippen molar-refractivity contribution >= 4 is 11.3 Å².